The molecule has 0 radical (unpaired) electrons. The topological polar surface area (TPSA) is 29.5 Å². The van der Waals surface area contributed by atoms with Crippen LogP contribution in [-0.4, -0.2) is 37.4 Å². The summed E-state index contributed by atoms with van der Waals surface area (Å²) in [6, 6.07) is 7.36. The largest absolute Gasteiger partial charge is 0.493 e. The van der Waals surface area contributed by atoms with E-state index in [-0.39, 0.29) is 0 Å². The van der Waals surface area contributed by atoms with Crippen LogP contribution < -0.4 is 4.74 Å². The minimum atomic E-state index is 0.507. The molecule has 1 heterocycles. The molecule has 110 valence electrons. The first-order valence-corrected chi connectivity index (χ1v) is 7.68. The molecule has 2 rings (SSSR count). The second-order valence-electron chi connectivity index (χ2n) is 5.82. The SMILES string of the molecule is CC(COc1cccc(C=O)c1)CN1CCCCCC1. The maximum absolute atomic E-state index is 10.7. The molecule has 1 aromatic carbocycles. The van der Waals surface area contributed by atoms with Crippen molar-refractivity contribution in [3.63, 3.8) is 0 Å². The lowest BCUT2D eigenvalue weighted by atomic mass is 10.1. The van der Waals surface area contributed by atoms with Crippen LogP contribution in [0.2, 0.25) is 0 Å². The van der Waals surface area contributed by atoms with Gasteiger partial charge in [-0.15, -0.1) is 0 Å². The molecule has 3 nitrogen and oxygen atoms in total. The average Bonchev–Trinajstić information content (AvgIpc) is 2.74. The Bertz CT molecular complexity index is 411. The maximum atomic E-state index is 10.7. The van der Waals surface area contributed by atoms with E-state index < -0.39 is 0 Å². The molecular weight excluding hydrogens is 250 g/mol. The molecule has 0 bridgehead atoms. The van der Waals surface area contributed by atoms with Crippen molar-refractivity contribution in [2.24, 2.45) is 5.92 Å². The third-order valence-electron chi connectivity index (χ3n) is 3.80. The Balaban J connectivity index is 1.76. The van der Waals surface area contributed by atoms with Gasteiger partial charge >= 0.3 is 0 Å². The maximum Gasteiger partial charge on any atom is 0.150 e. The minimum Gasteiger partial charge on any atom is -0.493 e. The predicted molar refractivity (Wildman–Crippen MR) is 81.4 cm³/mol. The molecule has 20 heavy (non-hydrogen) atoms. The Hall–Kier alpha value is -1.35. The van der Waals surface area contributed by atoms with Crippen LogP contribution in [0.15, 0.2) is 24.3 Å². The fourth-order valence-electron chi connectivity index (χ4n) is 2.73. The Labute approximate surface area is 121 Å². The second kappa shape index (κ2) is 8.05. The predicted octanol–water partition coefficient (Wildman–Crippen LogP) is 3.39. The van der Waals surface area contributed by atoms with E-state index in [2.05, 4.69) is 11.8 Å². The first kappa shape index (κ1) is 15.0. The molecule has 0 aromatic heterocycles. The molecule has 1 atom stereocenters. The molecule has 0 spiro atoms. The van der Waals surface area contributed by atoms with Gasteiger partial charge in [0.05, 0.1) is 6.61 Å². The molecule has 0 amide bonds. The highest BCUT2D eigenvalue weighted by Crippen LogP contribution is 2.15. The smallest absolute Gasteiger partial charge is 0.150 e. The van der Waals surface area contributed by atoms with Crippen molar-refractivity contribution in [3.8, 4) is 5.75 Å². The molecule has 1 unspecified atom stereocenters. The third-order valence-corrected chi connectivity index (χ3v) is 3.80. The monoisotopic (exact) mass is 275 g/mol. The number of ether oxygens (including phenoxy) is 1. The fourth-order valence-corrected chi connectivity index (χ4v) is 2.73. The van der Waals surface area contributed by atoms with E-state index in [1.54, 1.807) is 12.1 Å². The van der Waals surface area contributed by atoms with Crippen molar-refractivity contribution in [2.75, 3.05) is 26.2 Å². The van der Waals surface area contributed by atoms with Gasteiger partial charge in [-0.05, 0) is 38.1 Å². The number of benzene rings is 1. The van der Waals surface area contributed by atoms with E-state index in [1.165, 1.54) is 38.8 Å². The van der Waals surface area contributed by atoms with E-state index >= 15 is 0 Å². The van der Waals surface area contributed by atoms with Gasteiger partial charge in [-0.2, -0.15) is 0 Å². The highest BCUT2D eigenvalue weighted by atomic mass is 16.5. The van der Waals surface area contributed by atoms with Crippen LogP contribution in [0.3, 0.4) is 0 Å². The number of nitrogens with zero attached hydrogens (tertiary/aromatic N) is 1. The summed E-state index contributed by atoms with van der Waals surface area (Å²) in [5.74, 6) is 1.30. The molecule has 1 aliphatic heterocycles. The van der Waals surface area contributed by atoms with Crippen molar-refractivity contribution in [1.82, 2.24) is 4.90 Å². The molecule has 1 aromatic rings. The summed E-state index contributed by atoms with van der Waals surface area (Å²) in [4.78, 5) is 13.3. The van der Waals surface area contributed by atoms with Crippen molar-refractivity contribution < 1.29 is 9.53 Å². The summed E-state index contributed by atoms with van der Waals surface area (Å²) < 4.78 is 5.80. The lowest BCUT2D eigenvalue weighted by molar-refractivity contribution is 0.112. The fraction of sp³-hybridized carbons (Fsp3) is 0.588. The third kappa shape index (κ3) is 4.97. The highest BCUT2D eigenvalue weighted by Gasteiger charge is 2.13. The first-order valence-electron chi connectivity index (χ1n) is 7.68. The van der Waals surface area contributed by atoms with Crippen LogP contribution in [-0.2, 0) is 0 Å². The van der Waals surface area contributed by atoms with Gasteiger partial charge in [-0.1, -0.05) is 31.9 Å². The zero-order chi connectivity index (χ0) is 14.2. The Morgan fingerprint density at radius 1 is 1.25 bits per heavy atom. The zero-order valence-electron chi connectivity index (χ0n) is 12.4. The average molecular weight is 275 g/mol. The van der Waals surface area contributed by atoms with Crippen LogP contribution >= 0.6 is 0 Å². The van der Waals surface area contributed by atoms with E-state index in [0.717, 1.165) is 18.6 Å². The van der Waals surface area contributed by atoms with E-state index in [9.17, 15) is 4.79 Å². The first-order chi connectivity index (χ1) is 9.78. The molecule has 3 heteroatoms. The lowest BCUT2D eigenvalue weighted by Gasteiger charge is -2.24. The van der Waals surface area contributed by atoms with Crippen LogP contribution in [0.1, 0.15) is 43.0 Å². The quantitative estimate of drug-likeness (QED) is 0.745. The van der Waals surface area contributed by atoms with E-state index in [4.69, 9.17) is 4.74 Å². The Morgan fingerprint density at radius 2 is 2.00 bits per heavy atom. The summed E-state index contributed by atoms with van der Waals surface area (Å²) in [6.07, 6.45) is 6.26. The number of rotatable bonds is 6. The summed E-state index contributed by atoms with van der Waals surface area (Å²) in [5.41, 5.74) is 0.669. The van der Waals surface area contributed by atoms with Gasteiger partial charge in [0.1, 0.15) is 12.0 Å². The van der Waals surface area contributed by atoms with Gasteiger partial charge < -0.3 is 9.64 Å². The standard InChI is InChI=1S/C17H25NO2/c1-15(12-18-9-4-2-3-5-10-18)14-20-17-8-6-7-16(11-17)13-19/h6-8,11,13,15H,2-5,9-10,12,14H2,1H3. The normalized spacial score (nSPS) is 18.2. The van der Waals surface area contributed by atoms with Crippen molar-refractivity contribution in [2.45, 2.75) is 32.6 Å². The van der Waals surface area contributed by atoms with Crippen LogP contribution in [0.5, 0.6) is 5.75 Å². The molecule has 1 saturated heterocycles. The summed E-state index contributed by atoms with van der Waals surface area (Å²) in [5, 5.41) is 0. The Morgan fingerprint density at radius 3 is 2.70 bits per heavy atom. The molecule has 1 aliphatic rings. The number of hydrogen-bond acceptors (Lipinski definition) is 3. The van der Waals surface area contributed by atoms with Gasteiger partial charge in [0.15, 0.2) is 0 Å². The summed E-state index contributed by atoms with van der Waals surface area (Å²) >= 11 is 0. The number of hydrogen-bond donors (Lipinski definition) is 0. The van der Waals surface area contributed by atoms with Gasteiger partial charge in [-0.25, -0.2) is 0 Å². The van der Waals surface area contributed by atoms with Crippen molar-refractivity contribution in [1.29, 1.82) is 0 Å². The van der Waals surface area contributed by atoms with Crippen molar-refractivity contribution >= 4 is 6.29 Å². The van der Waals surface area contributed by atoms with E-state index in [1.807, 2.05) is 12.1 Å². The molecule has 1 fully saturated rings. The Kier molecular flexibility index (Phi) is 6.06. The van der Waals surface area contributed by atoms with Gasteiger partial charge in [0.2, 0.25) is 0 Å². The number of likely N-dealkylation sites (tertiary alicyclic amines) is 1. The number of aldehydes is 1. The van der Waals surface area contributed by atoms with E-state index in [0.29, 0.717) is 18.1 Å². The van der Waals surface area contributed by atoms with Crippen molar-refractivity contribution in [3.05, 3.63) is 29.8 Å². The molecule has 0 aliphatic carbocycles. The van der Waals surface area contributed by atoms with Crippen LogP contribution in [0, 0.1) is 5.92 Å². The van der Waals surface area contributed by atoms with Crippen LogP contribution in [0.4, 0.5) is 0 Å². The molecule has 0 N–H and O–H groups in total. The number of carbonyl (C=O) groups is 1. The number of carbonyl (C=O) groups excluding carboxylic acids is 1. The highest BCUT2D eigenvalue weighted by molar-refractivity contribution is 5.75. The summed E-state index contributed by atoms with van der Waals surface area (Å²) in [7, 11) is 0. The van der Waals surface area contributed by atoms with Gasteiger partial charge in [0.25, 0.3) is 0 Å². The molecule has 0 saturated carbocycles. The van der Waals surface area contributed by atoms with Gasteiger partial charge in [0, 0.05) is 18.0 Å². The van der Waals surface area contributed by atoms with Crippen LogP contribution in [0.25, 0.3) is 0 Å². The zero-order valence-corrected chi connectivity index (χ0v) is 12.4. The molecular formula is C17H25NO2. The second-order valence-corrected chi connectivity index (χ2v) is 5.82. The minimum absolute atomic E-state index is 0.507. The summed E-state index contributed by atoms with van der Waals surface area (Å²) in [6.45, 7) is 6.50. The van der Waals surface area contributed by atoms with Gasteiger partial charge in [-0.3, -0.25) is 4.79 Å². The lowest BCUT2D eigenvalue weighted by Crippen LogP contribution is -2.31.